The van der Waals surface area contributed by atoms with Crippen LogP contribution in [0, 0.1) is 18.8 Å². The normalized spacial score (nSPS) is 29.4. The van der Waals surface area contributed by atoms with Gasteiger partial charge >= 0.3 is 0 Å². The van der Waals surface area contributed by atoms with Gasteiger partial charge in [0.05, 0.1) is 13.1 Å². The number of furan rings is 1. The molecule has 3 aliphatic rings. The number of carbonyl (C=O) groups excluding carboxylic acids is 2. The molecule has 25 heavy (non-hydrogen) atoms. The van der Waals surface area contributed by atoms with Gasteiger partial charge in [0.1, 0.15) is 11.5 Å². The molecule has 0 spiro atoms. The Balaban J connectivity index is 1.31. The molecule has 3 saturated heterocycles. The standard InChI is InChI=1S/C19H27N3O3/c1-13-5-6-16(25-13)8-20-18(23)12-21-9-14-7-15(11-21)17-3-2-4-19(24)22(17)10-14/h5-6,14-15,17H,2-4,7-12H2,1H3,(H,20,23)/t14-,15-,17-/m1/s1. The highest BCUT2D eigenvalue weighted by Gasteiger charge is 2.43. The van der Waals surface area contributed by atoms with Gasteiger partial charge in [-0.2, -0.15) is 0 Å². The molecule has 1 N–H and O–H groups in total. The van der Waals surface area contributed by atoms with Crippen LogP contribution in [0.25, 0.3) is 0 Å². The second-order valence-electron chi connectivity index (χ2n) is 7.85. The van der Waals surface area contributed by atoms with Crippen LogP contribution >= 0.6 is 0 Å². The van der Waals surface area contributed by atoms with Crippen molar-refractivity contribution in [3.05, 3.63) is 23.7 Å². The molecule has 3 atom stereocenters. The predicted octanol–water partition coefficient (Wildman–Crippen LogP) is 1.54. The molecule has 0 aliphatic carbocycles. The summed E-state index contributed by atoms with van der Waals surface area (Å²) in [5, 5.41) is 2.95. The lowest BCUT2D eigenvalue weighted by Crippen LogP contribution is -2.61. The van der Waals surface area contributed by atoms with E-state index in [9.17, 15) is 9.59 Å². The predicted molar refractivity (Wildman–Crippen MR) is 92.7 cm³/mol. The van der Waals surface area contributed by atoms with Crippen molar-refractivity contribution in [1.29, 1.82) is 0 Å². The van der Waals surface area contributed by atoms with Gasteiger partial charge in [-0.3, -0.25) is 14.5 Å². The zero-order chi connectivity index (χ0) is 17.4. The van der Waals surface area contributed by atoms with E-state index in [2.05, 4.69) is 15.1 Å². The van der Waals surface area contributed by atoms with E-state index < -0.39 is 0 Å². The number of nitrogens with zero attached hydrogens (tertiary/aromatic N) is 2. The minimum atomic E-state index is 0.0469. The maximum atomic E-state index is 12.3. The Bertz CT molecular complexity index is 656. The van der Waals surface area contributed by atoms with Crippen molar-refractivity contribution in [3.63, 3.8) is 0 Å². The number of rotatable bonds is 4. The molecular weight excluding hydrogens is 318 g/mol. The highest BCUT2D eigenvalue weighted by atomic mass is 16.3. The van der Waals surface area contributed by atoms with Crippen LogP contribution in [0.4, 0.5) is 0 Å². The molecule has 4 heterocycles. The second kappa shape index (κ2) is 6.83. The monoisotopic (exact) mass is 345 g/mol. The van der Waals surface area contributed by atoms with Crippen LogP contribution in [0.3, 0.4) is 0 Å². The Morgan fingerprint density at radius 1 is 1.32 bits per heavy atom. The molecule has 0 unspecified atom stereocenters. The Morgan fingerprint density at radius 3 is 3.00 bits per heavy atom. The van der Waals surface area contributed by atoms with Crippen molar-refractivity contribution in [2.24, 2.45) is 11.8 Å². The second-order valence-corrected chi connectivity index (χ2v) is 7.85. The zero-order valence-electron chi connectivity index (χ0n) is 14.9. The summed E-state index contributed by atoms with van der Waals surface area (Å²) in [7, 11) is 0. The summed E-state index contributed by atoms with van der Waals surface area (Å²) in [5.41, 5.74) is 0. The van der Waals surface area contributed by atoms with E-state index in [4.69, 9.17) is 4.42 Å². The summed E-state index contributed by atoms with van der Waals surface area (Å²) in [5.74, 6) is 3.07. The quantitative estimate of drug-likeness (QED) is 0.899. The van der Waals surface area contributed by atoms with E-state index in [-0.39, 0.29) is 5.91 Å². The van der Waals surface area contributed by atoms with Crippen molar-refractivity contribution in [1.82, 2.24) is 15.1 Å². The minimum absolute atomic E-state index is 0.0469. The van der Waals surface area contributed by atoms with Gasteiger partial charge in [0.15, 0.2) is 0 Å². The molecule has 0 saturated carbocycles. The molecule has 6 nitrogen and oxygen atoms in total. The molecule has 2 amide bonds. The van der Waals surface area contributed by atoms with Gasteiger partial charge < -0.3 is 14.6 Å². The summed E-state index contributed by atoms with van der Waals surface area (Å²) < 4.78 is 5.49. The fourth-order valence-electron chi connectivity index (χ4n) is 4.87. The molecule has 1 aromatic heterocycles. The Kier molecular flexibility index (Phi) is 4.54. The van der Waals surface area contributed by atoms with Crippen LogP contribution < -0.4 is 5.32 Å². The molecular formula is C19H27N3O3. The Labute approximate surface area is 148 Å². The molecule has 3 fully saturated rings. The van der Waals surface area contributed by atoms with Gasteiger partial charge in [-0.15, -0.1) is 0 Å². The third kappa shape index (κ3) is 3.59. The summed E-state index contributed by atoms with van der Waals surface area (Å²) in [6, 6.07) is 4.20. The van der Waals surface area contributed by atoms with Crippen molar-refractivity contribution >= 4 is 11.8 Å². The van der Waals surface area contributed by atoms with E-state index in [1.54, 1.807) is 0 Å². The van der Waals surface area contributed by atoms with Gasteiger partial charge in [0.2, 0.25) is 11.8 Å². The fraction of sp³-hybridized carbons (Fsp3) is 0.684. The molecule has 4 rings (SSSR count). The molecule has 1 aromatic rings. The number of hydrogen-bond donors (Lipinski definition) is 1. The van der Waals surface area contributed by atoms with Gasteiger partial charge in [-0.1, -0.05) is 0 Å². The van der Waals surface area contributed by atoms with Gasteiger partial charge in [-0.25, -0.2) is 0 Å². The van der Waals surface area contributed by atoms with E-state index in [1.165, 1.54) is 6.42 Å². The topological polar surface area (TPSA) is 65.8 Å². The maximum Gasteiger partial charge on any atom is 0.234 e. The number of hydrogen-bond acceptors (Lipinski definition) is 4. The number of fused-ring (bicyclic) bond motifs is 4. The van der Waals surface area contributed by atoms with Gasteiger partial charge in [0.25, 0.3) is 0 Å². The Morgan fingerprint density at radius 2 is 2.20 bits per heavy atom. The third-order valence-electron chi connectivity index (χ3n) is 5.88. The summed E-state index contributed by atoms with van der Waals surface area (Å²) in [6.07, 6.45) is 4.07. The van der Waals surface area contributed by atoms with Crippen LogP contribution in [-0.4, -0.2) is 53.8 Å². The highest BCUT2D eigenvalue weighted by Crippen LogP contribution is 2.37. The van der Waals surface area contributed by atoms with Crippen LogP contribution in [0.5, 0.6) is 0 Å². The molecule has 0 aromatic carbocycles. The first-order chi connectivity index (χ1) is 12.1. The molecule has 0 radical (unpaired) electrons. The largest absolute Gasteiger partial charge is 0.465 e. The molecule has 136 valence electrons. The summed E-state index contributed by atoms with van der Waals surface area (Å²) >= 11 is 0. The van der Waals surface area contributed by atoms with E-state index in [1.807, 2.05) is 19.1 Å². The lowest BCUT2D eigenvalue weighted by molar-refractivity contribution is -0.145. The first-order valence-electron chi connectivity index (χ1n) is 9.42. The number of carbonyl (C=O) groups is 2. The smallest absolute Gasteiger partial charge is 0.234 e. The fourth-order valence-corrected chi connectivity index (χ4v) is 4.87. The van der Waals surface area contributed by atoms with E-state index in [0.29, 0.717) is 43.3 Å². The maximum absolute atomic E-state index is 12.3. The van der Waals surface area contributed by atoms with E-state index >= 15 is 0 Å². The lowest BCUT2D eigenvalue weighted by atomic mass is 9.76. The average molecular weight is 345 g/mol. The third-order valence-corrected chi connectivity index (χ3v) is 5.88. The van der Waals surface area contributed by atoms with Gasteiger partial charge in [0, 0.05) is 32.1 Å². The van der Waals surface area contributed by atoms with Crippen LogP contribution in [-0.2, 0) is 16.1 Å². The van der Waals surface area contributed by atoms with Crippen LogP contribution in [0.15, 0.2) is 16.5 Å². The summed E-state index contributed by atoms with van der Waals surface area (Å²) in [6.45, 7) is 5.50. The number of nitrogens with one attached hydrogen (secondary N) is 1. The lowest BCUT2D eigenvalue weighted by Gasteiger charge is -2.52. The van der Waals surface area contributed by atoms with Crippen molar-refractivity contribution in [2.75, 3.05) is 26.2 Å². The average Bonchev–Trinajstić information content (AvgIpc) is 2.99. The number of likely N-dealkylation sites (tertiary alicyclic amines) is 1. The number of amides is 2. The first-order valence-corrected chi connectivity index (χ1v) is 9.42. The Hall–Kier alpha value is -1.82. The van der Waals surface area contributed by atoms with Crippen molar-refractivity contribution < 1.29 is 14.0 Å². The minimum Gasteiger partial charge on any atom is -0.465 e. The molecule has 6 heteroatoms. The van der Waals surface area contributed by atoms with Crippen LogP contribution in [0.2, 0.25) is 0 Å². The number of piperidine rings is 3. The molecule has 2 bridgehead atoms. The van der Waals surface area contributed by atoms with Gasteiger partial charge in [-0.05, 0) is 50.2 Å². The SMILES string of the molecule is Cc1ccc(CNC(=O)CN2C[C@H]3C[C@H](C2)[C@H]2CCCC(=O)N2C3)o1. The van der Waals surface area contributed by atoms with Crippen molar-refractivity contribution in [3.8, 4) is 0 Å². The van der Waals surface area contributed by atoms with Crippen molar-refractivity contribution in [2.45, 2.75) is 45.2 Å². The van der Waals surface area contributed by atoms with Crippen LogP contribution in [0.1, 0.15) is 37.2 Å². The molecule has 3 aliphatic heterocycles. The number of aryl methyl sites for hydroxylation is 1. The summed E-state index contributed by atoms with van der Waals surface area (Å²) in [4.78, 5) is 28.9. The highest BCUT2D eigenvalue weighted by molar-refractivity contribution is 5.78. The zero-order valence-corrected chi connectivity index (χ0v) is 14.9. The first kappa shape index (κ1) is 16.6. The van der Waals surface area contributed by atoms with E-state index in [0.717, 1.165) is 44.0 Å².